The van der Waals surface area contributed by atoms with Gasteiger partial charge in [-0.05, 0) is 29.5 Å². The van der Waals surface area contributed by atoms with Crippen molar-refractivity contribution < 1.29 is 9.84 Å². The molecule has 90 valence electrons. The van der Waals surface area contributed by atoms with Crippen LogP contribution in [0.15, 0.2) is 29.8 Å². The lowest BCUT2D eigenvalue weighted by molar-refractivity contribution is 0.178. The fourth-order valence-corrected chi connectivity index (χ4v) is 2.49. The Morgan fingerprint density at radius 2 is 2.24 bits per heavy atom. The molecular weight excluding hydrogens is 234 g/mol. The minimum atomic E-state index is -0.462. The Hall–Kier alpha value is -1.39. The maximum atomic E-state index is 10.1. The molecule has 0 aliphatic carbocycles. The van der Waals surface area contributed by atoms with Gasteiger partial charge >= 0.3 is 0 Å². The largest absolute Gasteiger partial charge is 0.481 e. The van der Waals surface area contributed by atoms with Crippen LogP contribution in [0.4, 0.5) is 0 Å². The van der Waals surface area contributed by atoms with Crippen LogP contribution in [0.3, 0.4) is 0 Å². The van der Waals surface area contributed by atoms with E-state index in [1.807, 2.05) is 30.5 Å². The second-order valence-corrected chi connectivity index (χ2v) is 4.98. The molecule has 2 aromatic rings. The number of rotatable bonds is 4. The molecule has 2 aromatic heterocycles. The average molecular weight is 249 g/mol. The maximum Gasteiger partial charge on any atom is 0.212 e. The normalized spacial score (nSPS) is 12.4. The van der Waals surface area contributed by atoms with Gasteiger partial charge in [-0.25, -0.2) is 4.98 Å². The minimum Gasteiger partial charge on any atom is -0.481 e. The van der Waals surface area contributed by atoms with Gasteiger partial charge in [0.25, 0.3) is 0 Å². The number of thiophene rings is 1. The van der Waals surface area contributed by atoms with Crippen molar-refractivity contribution in [2.75, 3.05) is 7.11 Å². The zero-order valence-corrected chi connectivity index (χ0v) is 10.7. The summed E-state index contributed by atoms with van der Waals surface area (Å²) in [4.78, 5) is 5.29. The summed E-state index contributed by atoms with van der Waals surface area (Å²) >= 11 is 1.65. The smallest absolute Gasteiger partial charge is 0.212 e. The first-order valence-electron chi connectivity index (χ1n) is 5.41. The number of hydrogen-bond acceptors (Lipinski definition) is 4. The Kier molecular flexibility index (Phi) is 3.76. The summed E-state index contributed by atoms with van der Waals surface area (Å²) in [5, 5.41) is 12.1. The van der Waals surface area contributed by atoms with Gasteiger partial charge in [0, 0.05) is 23.6 Å². The van der Waals surface area contributed by atoms with Gasteiger partial charge < -0.3 is 9.84 Å². The molecule has 2 heterocycles. The van der Waals surface area contributed by atoms with Gasteiger partial charge in [0.05, 0.1) is 13.2 Å². The first-order valence-corrected chi connectivity index (χ1v) is 6.29. The van der Waals surface area contributed by atoms with Crippen LogP contribution in [-0.2, 0) is 6.42 Å². The standard InChI is InChI=1S/C13H15NO2S/c1-9-11(5-6-17-9)12(15)7-10-3-4-13(16-2)14-8-10/h3-6,8,12,15H,7H2,1-2H3. The van der Waals surface area contributed by atoms with Gasteiger partial charge in [0.2, 0.25) is 5.88 Å². The molecule has 0 aromatic carbocycles. The van der Waals surface area contributed by atoms with Crippen molar-refractivity contribution in [3.63, 3.8) is 0 Å². The fourth-order valence-electron chi connectivity index (χ4n) is 1.73. The van der Waals surface area contributed by atoms with Crippen molar-refractivity contribution in [3.8, 4) is 5.88 Å². The lowest BCUT2D eigenvalue weighted by atomic mass is 10.0. The Balaban J connectivity index is 2.07. The molecule has 3 nitrogen and oxygen atoms in total. The molecule has 0 spiro atoms. The number of aliphatic hydroxyl groups excluding tert-OH is 1. The van der Waals surface area contributed by atoms with E-state index in [1.54, 1.807) is 24.6 Å². The highest BCUT2D eigenvalue weighted by molar-refractivity contribution is 7.10. The van der Waals surface area contributed by atoms with Crippen molar-refractivity contribution in [3.05, 3.63) is 45.8 Å². The lowest BCUT2D eigenvalue weighted by Gasteiger charge is -2.10. The highest BCUT2D eigenvalue weighted by Gasteiger charge is 2.12. The molecule has 0 saturated heterocycles. The summed E-state index contributed by atoms with van der Waals surface area (Å²) in [6.45, 7) is 2.02. The predicted octanol–water partition coefficient (Wildman–Crippen LogP) is 2.74. The number of methoxy groups -OCH3 is 1. The molecule has 0 aliphatic heterocycles. The predicted molar refractivity (Wildman–Crippen MR) is 68.5 cm³/mol. The van der Waals surface area contributed by atoms with Gasteiger partial charge in [-0.2, -0.15) is 0 Å². The second kappa shape index (κ2) is 5.29. The van der Waals surface area contributed by atoms with Crippen LogP contribution >= 0.6 is 11.3 Å². The number of pyridine rings is 1. The third kappa shape index (κ3) is 2.84. The van der Waals surface area contributed by atoms with Gasteiger partial charge in [-0.1, -0.05) is 6.07 Å². The summed E-state index contributed by atoms with van der Waals surface area (Å²) < 4.78 is 4.99. The molecule has 1 atom stereocenters. The minimum absolute atomic E-state index is 0.462. The van der Waals surface area contributed by atoms with E-state index in [9.17, 15) is 5.11 Å². The first-order chi connectivity index (χ1) is 8.20. The van der Waals surface area contributed by atoms with Gasteiger partial charge in [-0.3, -0.25) is 0 Å². The number of aryl methyl sites for hydroxylation is 1. The quantitative estimate of drug-likeness (QED) is 0.906. The Labute approximate surface area is 105 Å². The number of aromatic nitrogens is 1. The molecule has 0 bridgehead atoms. The van der Waals surface area contributed by atoms with Gasteiger partial charge in [-0.15, -0.1) is 11.3 Å². The van der Waals surface area contributed by atoms with E-state index in [1.165, 1.54) is 4.88 Å². The Bertz CT molecular complexity index is 478. The molecule has 0 radical (unpaired) electrons. The van der Waals surface area contributed by atoms with Crippen LogP contribution in [0.25, 0.3) is 0 Å². The van der Waals surface area contributed by atoms with Crippen molar-refractivity contribution in [2.24, 2.45) is 0 Å². The van der Waals surface area contributed by atoms with E-state index in [0.29, 0.717) is 12.3 Å². The van der Waals surface area contributed by atoms with Crippen LogP contribution in [-0.4, -0.2) is 17.2 Å². The summed E-state index contributed by atoms with van der Waals surface area (Å²) in [5.74, 6) is 0.593. The third-order valence-corrected chi connectivity index (χ3v) is 3.56. The van der Waals surface area contributed by atoms with Crippen molar-refractivity contribution in [1.29, 1.82) is 0 Å². The molecular formula is C13H15NO2S. The molecule has 1 unspecified atom stereocenters. The van der Waals surface area contributed by atoms with Crippen molar-refractivity contribution in [1.82, 2.24) is 4.98 Å². The summed E-state index contributed by atoms with van der Waals surface area (Å²) in [6.07, 6.45) is 1.86. The van der Waals surface area contributed by atoms with E-state index in [2.05, 4.69) is 4.98 Å². The Morgan fingerprint density at radius 3 is 2.76 bits per heavy atom. The van der Waals surface area contributed by atoms with E-state index >= 15 is 0 Å². The van der Waals surface area contributed by atoms with E-state index in [4.69, 9.17) is 4.74 Å². The van der Waals surface area contributed by atoms with E-state index < -0.39 is 6.10 Å². The topological polar surface area (TPSA) is 42.4 Å². The van der Waals surface area contributed by atoms with Crippen LogP contribution in [0.5, 0.6) is 5.88 Å². The molecule has 2 rings (SSSR count). The van der Waals surface area contributed by atoms with Crippen molar-refractivity contribution >= 4 is 11.3 Å². The zero-order valence-electron chi connectivity index (χ0n) is 9.88. The van der Waals surface area contributed by atoms with Crippen LogP contribution < -0.4 is 4.74 Å². The number of ether oxygens (including phenoxy) is 1. The maximum absolute atomic E-state index is 10.1. The fraction of sp³-hybridized carbons (Fsp3) is 0.308. The molecule has 0 saturated carbocycles. The molecule has 4 heteroatoms. The SMILES string of the molecule is COc1ccc(CC(O)c2ccsc2C)cn1. The first kappa shape index (κ1) is 12.1. The van der Waals surface area contributed by atoms with E-state index in [0.717, 1.165) is 11.1 Å². The second-order valence-electron chi connectivity index (χ2n) is 3.86. The summed E-state index contributed by atoms with van der Waals surface area (Å²) in [5.41, 5.74) is 2.01. The Morgan fingerprint density at radius 1 is 1.41 bits per heavy atom. The van der Waals surface area contributed by atoms with Crippen LogP contribution in [0.1, 0.15) is 22.1 Å². The highest BCUT2D eigenvalue weighted by atomic mass is 32.1. The number of nitrogens with zero attached hydrogens (tertiary/aromatic N) is 1. The molecule has 0 amide bonds. The number of hydrogen-bond donors (Lipinski definition) is 1. The summed E-state index contributed by atoms with van der Waals surface area (Å²) in [7, 11) is 1.59. The van der Waals surface area contributed by atoms with Crippen LogP contribution in [0, 0.1) is 6.92 Å². The number of aliphatic hydroxyl groups is 1. The van der Waals surface area contributed by atoms with Crippen LogP contribution in [0.2, 0.25) is 0 Å². The van der Waals surface area contributed by atoms with Crippen molar-refractivity contribution in [2.45, 2.75) is 19.4 Å². The average Bonchev–Trinajstić information content (AvgIpc) is 2.76. The monoisotopic (exact) mass is 249 g/mol. The molecule has 17 heavy (non-hydrogen) atoms. The molecule has 0 aliphatic rings. The van der Waals surface area contributed by atoms with E-state index in [-0.39, 0.29) is 0 Å². The molecule has 0 fully saturated rings. The highest BCUT2D eigenvalue weighted by Crippen LogP contribution is 2.25. The molecule has 1 N–H and O–H groups in total. The summed E-state index contributed by atoms with van der Waals surface area (Å²) in [6, 6.07) is 5.71. The zero-order chi connectivity index (χ0) is 12.3. The van der Waals surface area contributed by atoms with Gasteiger partial charge in [0.15, 0.2) is 0 Å². The lowest BCUT2D eigenvalue weighted by Crippen LogP contribution is -2.02. The van der Waals surface area contributed by atoms with Gasteiger partial charge in [0.1, 0.15) is 0 Å². The third-order valence-electron chi connectivity index (χ3n) is 2.69.